The zero-order valence-electron chi connectivity index (χ0n) is 6.79. The van der Waals surface area contributed by atoms with Gasteiger partial charge in [-0.2, -0.15) is 5.10 Å². The highest BCUT2D eigenvalue weighted by Gasteiger charge is 2.02. The van der Waals surface area contributed by atoms with E-state index in [-0.39, 0.29) is 0 Å². The van der Waals surface area contributed by atoms with Crippen molar-refractivity contribution in [2.75, 3.05) is 0 Å². The molecule has 0 unspecified atom stereocenters. The Morgan fingerprint density at radius 2 is 2.33 bits per heavy atom. The van der Waals surface area contributed by atoms with Gasteiger partial charge in [0.15, 0.2) is 0 Å². The van der Waals surface area contributed by atoms with Gasteiger partial charge < -0.3 is 0 Å². The summed E-state index contributed by atoms with van der Waals surface area (Å²) in [4.78, 5) is 0. The zero-order valence-corrected chi connectivity index (χ0v) is 7.54. The smallest absolute Gasteiger partial charge is 0.0967 e. The molecule has 0 aliphatic carbocycles. The predicted octanol–water partition coefficient (Wildman–Crippen LogP) is 2.31. The van der Waals surface area contributed by atoms with Crippen LogP contribution >= 0.6 is 11.6 Å². The highest BCUT2D eigenvalue weighted by Crippen LogP contribution is 2.17. The molecule has 2 nitrogen and oxygen atoms in total. The van der Waals surface area contributed by atoms with Crippen LogP contribution in [0.5, 0.6) is 0 Å². The van der Waals surface area contributed by atoms with Crippen LogP contribution in [-0.2, 0) is 12.9 Å². The van der Waals surface area contributed by atoms with Gasteiger partial charge in [0, 0.05) is 24.5 Å². The second kappa shape index (κ2) is 2.79. The lowest BCUT2D eigenvalue weighted by Gasteiger charge is -1.93. The van der Waals surface area contributed by atoms with E-state index in [9.17, 15) is 0 Å². The first-order chi connectivity index (χ1) is 5.81. The molecule has 1 aromatic carbocycles. The van der Waals surface area contributed by atoms with Gasteiger partial charge in [0.1, 0.15) is 0 Å². The Kier molecular flexibility index (Phi) is 1.77. The lowest BCUT2D eigenvalue weighted by Crippen LogP contribution is -1.86. The summed E-state index contributed by atoms with van der Waals surface area (Å²) in [7, 11) is 1.91. The molecular formula is C9H9ClN2. The third-order valence-corrected chi connectivity index (χ3v) is 2.17. The second-order valence-electron chi connectivity index (χ2n) is 2.79. The Morgan fingerprint density at radius 3 is 3.08 bits per heavy atom. The average Bonchev–Trinajstić information content (AvgIpc) is 2.44. The Balaban J connectivity index is 2.78. The van der Waals surface area contributed by atoms with Crippen molar-refractivity contribution in [3.63, 3.8) is 0 Å². The van der Waals surface area contributed by atoms with Gasteiger partial charge in [0.25, 0.3) is 0 Å². The van der Waals surface area contributed by atoms with Crippen molar-refractivity contribution in [1.29, 1.82) is 0 Å². The molecule has 0 spiro atoms. The third kappa shape index (κ3) is 1.08. The standard InChI is InChI=1S/C9H9ClN2/c1-12-6-8-4-2-3-7(5-10)9(8)11-12/h2-4,6H,5H2,1H3. The molecule has 0 radical (unpaired) electrons. The van der Waals surface area contributed by atoms with E-state index in [0.29, 0.717) is 5.88 Å². The number of hydrogen-bond donors (Lipinski definition) is 0. The number of aryl methyl sites for hydroxylation is 1. The molecule has 1 heterocycles. The molecule has 2 rings (SSSR count). The molecule has 0 amide bonds. The minimum Gasteiger partial charge on any atom is -0.275 e. The fourth-order valence-corrected chi connectivity index (χ4v) is 1.55. The number of benzene rings is 1. The fourth-order valence-electron chi connectivity index (χ4n) is 1.33. The second-order valence-corrected chi connectivity index (χ2v) is 3.06. The lowest BCUT2D eigenvalue weighted by atomic mass is 10.2. The van der Waals surface area contributed by atoms with Gasteiger partial charge in [0.2, 0.25) is 0 Å². The van der Waals surface area contributed by atoms with Gasteiger partial charge in [-0.3, -0.25) is 4.68 Å². The molecule has 3 heteroatoms. The highest BCUT2D eigenvalue weighted by molar-refractivity contribution is 6.17. The molecular weight excluding hydrogens is 172 g/mol. The van der Waals surface area contributed by atoms with Crippen LogP contribution in [0.4, 0.5) is 0 Å². The Bertz CT molecular complexity index is 406. The summed E-state index contributed by atoms with van der Waals surface area (Å²) < 4.78 is 1.81. The number of aromatic nitrogens is 2. The Labute approximate surface area is 75.8 Å². The quantitative estimate of drug-likeness (QED) is 0.616. The summed E-state index contributed by atoms with van der Waals surface area (Å²) in [5.41, 5.74) is 2.10. The van der Waals surface area contributed by atoms with Crippen molar-refractivity contribution in [1.82, 2.24) is 9.78 Å². The average molecular weight is 181 g/mol. The summed E-state index contributed by atoms with van der Waals surface area (Å²) in [6.45, 7) is 0. The zero-order chi connectivity index (χ0) is 8.55. The van der Waals surface area contributed by atoms with Gasteiger partial charge in [-0.25, -0.2) is 0 Å². The molecule has 0 atom stereocenters. The molecule has 0 aliphatic rings. The number of fused-ring (bicyclic) bond motifs is 1. The van der Waals surface area contributed by atoms with Gasteiger partial charge in [0.05, 0.1) is 5.52 Å². The minimum atomic E-state index is 0.522. The van der Waals surface area contributed by atoms with E-state index in [0.717, 1.165) is 16.5 Å². The van der Waals surface area contributed by atoms with Crippen LogP contribution in [-0.4, -0.2) is 9.78 Å². The van der Waals surface area contributed by atoms with Crippen LogP contribution in [0.1, 0.15) is 5.56 Å². The van der Waals surface area contributed by atoms with E-state index in [1.165, 1.54) is 0 Å². The van der Waals surface area contributed by atoms with Crippen molar-refractivity contribution in [3.8, 4) is 0 Å². The molecule has 0 aliphatic heterocycles. The normalized spacial score (nSPS) is 10.8. The van der Waals surface area contributed by atoms with Crippen LogP contribution in [0.15, 0.2) is 24.4 Å². The van der Waals surface area contributed by atoms with E-state index in [1.54, 1.807) is 4.68 Å². The van der Waals surface area contributed by atoms with Gasteiger partial charge in [-0.05, 0) is 5.56 Å². The maximum atomic E-state index is 5.77. The van der Waals surface area contributed by atoms with Gasteiger partial charge in [-0.1, -0.05) is 18.2 Å². The molecule has 0 saturated heterocycles. The molecule has 0 N–H and O–H groups in total. The van der Waals surface area contributed by atoms with Crippen LogP contribution in [0, 0.1) is 0 Å². The van der Waals surface area contributed by atoms with Gasteiger partial charge in [-0.15, -0.1) is 11.6 Å². The summed E-state index contributed by atoms with van der Waals surface area (Å²) in [5, 5.41) is 5.46. The number of rotatable bonds is 1. The van der Waals surface area contributed by atoms with E-state index < -0.39 is 0 Å². The molecule has 0 bridgehead atoms. The predicted molar refractivity (Wildman–Crippen MR) is 50.3 cm³/mol. The number of alkyl halides is 1. The topological polar surface area (TPSA) is 17.8 Å². The van der Waals surface area contributed by atoms with Crippen molar-refractivity contribution in [3.05, 3.63) is 30.0 Å². The first-order valence-electron chi connectivity index (χ1n) is 3.78. The van der Waals surface area contributed by atoms with Crippen molar-refractivity contribution in [2.24, 2.45) is 7.05 Å². The Morgan fingerprint density at radius 1 is 1.50 bits per heavy atom. The summed E-state index contributed by atoms with van der Waals surface area (Å²) in [6, 6.07) is 6.04. The molecule has 2 aromatic rings. The van der Waals surface area contributed by atoms with Crippen LogP contribution in [0.2, 0.25) is 0 Å². The molecule has 62 valence electrons. The van der Waals surface area contributed by atoms with Crippen LogP contribution in [0.25, 0.3) is 10.9 Å². The third-order valence-electron chi connectivity index (χ3n) is 1.88. The first kappa shape index (κ1) is 7.62. The summed E-state index contributed by atoms with van der Waals surface area (Å²) in [5.74, 6) is 0.522. The fraction of sp³-hybridized carbons (Fsp3) is 0.222. The van der Waals surface area contributed by atoms with Crippen LogP contribution < -0.4 is 0 Å². The monoisotopic (exact) mass is 180 g/mol. The first-order valence-corrected chi connectivity index (χ1v) is 4.32. The molecule has 12 heavy (non-hydrogen) atoms. The van der Waals surface area contributed by atoms with Gasteiger partial charge >= 0.3 is 0 Å². The highest BCUT2D eigenvalue weighted by atomic mass is 35.5. The number of hydrogen-bond acceptors (Lipinski definition) is 1. The minimum absolute atomic E-state index is 0.522. The van der Waals surface area contributed by atoms with E-state index in [1.807, 2.05) is 31.4 Å². The number of nitrogens with zero attached hydrogens (tertiary/aromatic N) is 2. The van der Waals surface area contributed by atoms with E-state index in [4.69, 9.17) is 11.6 Å². The van der Waals surface area contributed by atoms with Crippen LogP contribution in [0.3, 0.4) is 0 Å². The molecule has 0 saturated carbocycles. The van der Waals surface area contributed by atoms with Crippen molar-refractivity contribution < 1.29 is 0 Å². The summed E-state index contributed by atoms with van der Waals surface area (Å²) in [6.07, 6.45) is 1.99. The SMILES string of the molecule is Cn1cc2cccc(CCl)c2n1. The maximum absolute atomic E-state index is 5.77. The molecule has 0 fully saturated rings. The van der Waals surface area contributed by atoms with E-state index >= 15 is 0 Å². The Hall–Kier alpha value is -1.02. The van der Waals surface area contributed by atoms with Crippen molar-refractivity contribution >= 4 is 22.5 Å². The lowest BCUT2D eigenvalue weighted by molar-refractivity contribution is 0.779. The van der Waals surface area contributed by atoms with Crippen molar-refractivity contribution in [2.45, 2.75) is 5.88 Å². The number of halogens is 1. The largest absolute Gasteiger partial charge is 0.275 e. The summed E-state index contributed by atoms with van der Waals surface area (Å²) >= 11 is 5.77. The molecule has 1 aromatic heterocycles. The maximum Gasteiger partial charge on any atom is 0.0967 e. The van der Waals surface area contributed by atoms with E-state index in [2.05, 4.69) is 5.10 Å².